The number of halogens is 1. The van der Waals surface area contributed by atoms with Gasteiger partial charge in [-0.15, -0.1) is 0 Å². The van der Waals surface area contributed by atoms with E-state index in [-0.39, 0.29) is 17.8 Å². The maximum Gasteiger partial charge on any atom is 0.267 e. The Morgan fingerprint density at radius 2 is 2.15 bits per heavy atom. The van der Waals surface area contributed by atoms with Crippen LogP contribution in [0.1, 0.15) is 50.0 Å². The molecule has 26 heavy (non-hydrogen) atoms. The number of amides is 1. The molecule has 1 aliphatic heterocycles. The first-order valence-corrected chi connectivity index (χ1v) is 9.08. The first kappa shape index (κ1) is 18.2. The van der Waals surface area contributed by atoms with Crippen LogP contribution in [0.3, 0.4) is 0 Å². The Morgan fingerprint density at radius 1 is 1.31 bits per heavy atom. The third kappa shape index (κ3) is 4.31. The van der Waals surface area contributed by atoms with Crippen LogP contribution in [0.2, 0.25) is 0 Å². The quantitative estimate of drug-likeness (QED) is 0.726. The van der Waals surface area contributed by atoms with Crippen molar-refractivity contribution in [1.29, 1.82) is 0 Å². The maximum absolute atomic E-state index is 14.3. The molecular formula is C20H24FN3O2. The predicted molar refractivity (Wildman–Crippen MR) is 98.0 cm³/mol. The van der Waals surface area contributed by atoms with Crippen LogP contribution in [-0.2, 0) is 11.3 Å². The van der Waals surface area contributed by atoms with Crippen molar-refractivity contribution in [1.82, 2.24) is 10.3 Å². The van der Waals surface area contributed by atoms with Crippen LogP contribution in [-0.4, -0.2) is 23.2 Å². The second-order valence-corrected chi connectivity index (χ2v) is 6.42. The molecule has 0 saturated carbocycles. The van der Waals surface area contributed by atoms with Gasteiger partial charge in [0, 0.05) is 18.5 Å². The van der Waals surface area contributed by atoms with Gasteiger partial charge >= 0.3 is 0 Å². The summed E-state index contributed by atoms with van der Waals surface area (Å²) >= 11 is 0. The van der Waals surface area contributed by atoms with Crippen LogP contribution in [0.15, 0.2) is 52.2 Å². The summed E-state index contributed by atoms with van der Waals surface area (Å²) in [5.41, 5.74) is 1.02. The second-order valence-electron chi connectivity index (χ2n) is 6.42. The van der Waals surface area contributed by atoms with Gasteiger partial charge in [0.1, 0.15) is 17.3 Å². The van der Waals surface area contributed by atoms with Gasteiger partial charge in [-0.2, -0.15) is 5.10 Å². The normalized spacial score (nSPS) is 16.6. The minimum atomic E-state index is -0.259. The molecule has 6 heteroatoms. The number of furan rings is 1. The van der Waals surface area contributed by atoms with Gasteiger partial charge in [0.25, 0.3) is 5.91 Å². The Hall–Kier alpha value is -2.63. The van der Waals surface area contributed by atoms with Crippen molar-refractivity contribution in [3.8, 4) is 0 Å². The first-order valence-electron chi connectivity index (χ1n) is 9.08. The molecule has 0 bridgehead atoms. The maximum atomic E-state index is 14.3. The zero-order valence-electron chi connectivity index (χ0n) is 15.0. The third-order valence-electron chi connectivity index (χ3n) is 4.52. The number of nitrogens with zero attached hydrogens (tertiary/aromatic N) is 2. The van der Waals surface area contributed by atoms with Crippen molar-refractivity contribution in [3.63, 3.8) is 0 Å². The summed E-state index contributed by atoms with van der Waals surface area (Å²) in [5.74, 6) is 0.188. The molecule has 0 fully saturated rings. The van der Waals surface area contributed by atoms with E-state index in [1.165, 1.54) is 6.07 Å². The predicted octanol–water partition coefficient (Wildman–Crippen LogP) is 4.03. The monoisotopic (exact) mass is 357 g/mol. The van der Waals surface area contributed by atoms with E-state index in [1.807, 2.05) is 11.1 Å². The molecule has 1 aromatic heterocycles. The van der Waals surface area contributed by atoms with Crippen LogP contribution >= 0.6 is 0 Å². The summed E-state index contributed by atoms with van der Waals surface area (Å²) in [6.45, 7) is 3.15. The van der Waals surface area contributed by atoms with Crippen molar-refractivity contribution < 1.29 is 13.6 Å². The van der Waals surface area contributed by atoms with E-state index in [9.17, 15) is 9.18 Å². The Balaban J connectivity index is 1.70. The number of hydrogen-bond acceptors (Lipinski definition) is 4. The van der Waals surface area contributed by atoms with E-state index in [4.69, 9.17) is 4.42 Å². The lowest BCUT2D eigenvalue weighted by atomic mass is 10.0. The van der Waals surface area contributed by atoms with Gasteiger partial charge < -0.3 is 9.73 Å². The molecule has 0 spiro atoms. The van der Waals surface area contributed by atoms with E-state index < -0.39 is 0 Å². The fourth-order valence-electron chi connectivity index (χ4n) is 3.12. The fourth-order valence-corrected chi connectivity index (χ4v) is 3.12. The van der Waals surface area contributed by atoms with Crippen LogP contribution in [0.25, 0.3) is 0 Å². The Bertz CT molecular complexity index is 758. The molecular weight excluding hydrogens is 333 g/mol. The second kappa shape index (κ2) is 8.65. The van der Waals surface area contributed by atoms with Gasteiger partial charge in [-0.25, -0.2) is 4.39 Å². The number of carbonyl (C=O) groups is 1. The first-order chi connectivity index (χ1) is 12.7. The van der Waals surface area contributed by atoms with Crippen LogP contribution in [0.4, 0.5) is 4.39 Å². The summed E-state index contributed by atoms with van der Waals surface area (Å²) in [6, 6.07) is 10.1. The highest BCUT2D eigenvalue weighted by molar-refractivity contribution is 6.39. The van der Waals surface area contributed by atoms with Gasteiger partial charge in [-0.3, -0.25) is 9.80 Å². The molecule has 1 atom stereocenters. The van der Waals surface area contributed by atoms with Crippen molar-refractivity contribution in [2.75, 3.05) is 6.54 Å². The third-order valence-corrected chi connectivity index (χ3v) is 4.52. The lowest BCUT2D eigenvalue weighted by Crippen LogP contribution is -2.29. The smallest absolute Gasteiger partial charge is 0.267 e. The molecule has 1 unspecified atom stereocenters. The number of unbranched alkanes of at least 4 members (excludes halogenated alkanes) is 2. The summed E-state index contributed by atoms with van der Waals surface area (Å²) in [6.07, 6.45) is 5.11. The topological polar surface area (TPSA) is 57.8 Å². The lowest BCUT2D eigenvalue weighted by molar-refractivity contribution is -0.115. The highest BCUT2D eigenvalue weighted by atomic mass is 19.1. The highest BCUT2D eigenvalue weighted by Crippen LogP contribution is 2.32. The van der Waals surface area contributed by atoms with Gasteiger partial charge in [0.15, 0.2) is 0 Å². The average Bonchev–Trinajstić information content (AvgIpc) is 3.30. The highest BCUT2D eigenvalue weighted by Gasteiger charge is 2.32. The van der Waals surface area contributed by atoms with E-state index in [1.54, 1.807) is 30.5 Å². The molecule has 1 amide bonds. The molecule has 3 rings (SSSR count). The van der Waals surface area contributed by atoms with Crippen molar-refractivity contribution >= 4 is 11.6 Å². The zero-order chi connectivity index (χ0) is 18.4. The standard InChI is InChI=1S/C20H24FN3O2/c1-2-3-6-11-24-19(16-9-4-5-10-17(16)21)13-18(23-24)20(25)22-14-15-8-7-12-26-15/h4-5,7-10,12,19H,2-3,6,11,13-14H2,1H3,(H,22,25). The fraction of sp³-hybridized carbons (Fsp3) is 0.400. The molecule has 0 aliphatic carbocycles. The lowest BCUT2D eigenvalue weighted by Gasteiger charge is -2.24. The number of carbonyl (C=O) groups excluding carboxylic acids is 1. The van der Waals surface area contributed by atoms with E-state index in [2.05, 4.69) is 17.3 Å². The summed E-state index contributed by atoms with van der Waals surface area (Å²) in [5, 5.41) is 9.17. The molecule has 0 saturated heterocycles. The molecule has 1 aromatic carbocycles. The van der Waals surface area contributed by atoms with Crippen LogP contribution < -0.4 is 5.32 Å². The van der Waals surface area contributed by atoms with E-state index in [0.717, 1.165) is 19.3 Å². The summed E-state index contributed by atoms with van der Waals surface area (Å²) < 4.78 is 19.5. The minimum Gasteiger partial charge on any atom is -0.467 e. The van der Waals surface area contributed by atoms with E-state index >= 15 is 0 Å². The summed E-state index contributed by atoms with van der Waals surface area (Å²) in [4.78, 5) is 12.5. The van der Waals surface area contributed by atoms with E-state index in [0.29, 0.717) is 36.5 Å². The van der Waals surface area contributed by atoms with Crippen molar-refractivity contribution in [3.05, 3.63) is 59.8 Å². The molecule has 5 nitrogen and oxygen atoms in total. The largest absolute Gasteiger partial charge is 0.467 e. The van der Waals surface area contributed by atoms with Gasteiger partial charge in [0.05, 0.1) is 18.8 Å². The number of hydrogen-bond donors (Lipinski definition) is 1. The van der Waals surface area contributed by atoms with Gasteiger partial charge in [0.2, 0.25) is 0 Å². The Morgan fingerprint density at radius 3 is 2.88 bits per heavy atom. The average molecular weight is 357 g/mol. The molecule has 0 radical (unpaired) electrons. The molecule has 1 N–H and O–H groups in total. The minimum absolute atomic E-state index is 0.235. The Labute approximate surface area is 152 Å². The molecule has 138 valence electrons. The van der Waals surface area contributed by atoms with Crippen molar-refractivity contribution in [2.45, 2.75) is 45.2 Å². The SMILES string of the molecule is CCCCCN1N=C(C(=O)NCc2ccco2)CC1c1ccccc1F. The molecule has 2 aromatic rings. The Kier molecular flexibility index (Phi) is 6.04. The zero-order valence-corrected chi connectivity index (χ0v) is 15.0. The van der Waals surface area contributed by atoms with Crippen LogP contribution in [0, 0.1) is 5.82 Å². The van der Waals surface area contributed by atoms with Gasteiger partial charge in [-0.1, -0.05) is 38.0 Å². The number of hydrazone groups is 1. The van der Waals surface area contributed by atoms with Crippen molar-refractivity contribution in [2.24, 2.45) is 5.10 Å². The number of nitrogens with one attached hydrogen (secondary N) is 1. The summed E-state index contributed by atoms with van der Waals surface area (Å²) in [7, 11) is 0. The molecule has 2 heterocycles. The van der Waals surface area contributed by atoms with Crippen LogP contribution in [0.5, 0.6) is 0 Å². The molecule has 1 aliphatic rings. The van der Waals surface area contributed by atoms with Gasteiger partial charge in [-0.05, 0) is 24.6 Å². The number of rotatable bonds is 8. The number of benzene rings is 1.